The molecule has 0 bridgehead atoms. The van der Waals surface area contributed by atoms with E-state index in [2.05, 4.69) is 4.98 Å². The molecular formula is C9H10F2N2O. The van der Waals surface area contributed by atoms with Crippen molar-refractivity contribution in [3.63, 3.8) is 0 Å². The highest BCUT2D eigenvalue weighted by Gasteiger charge is 2.18. The Morgan fingerprint density at radius 3 is 2.71 bits per heavy atom. The van der Waals surface area contributed by atoms with E-state index in [1.165, 1.54) is 13.1 Å². The first-order chi connectivity index (χ1) is 6.61. The summed E-state index contributed by atoms with van der Waals surface area (Å²) in [5.41, 5.74) is 5.44. The number of aldehydes is 1. The highest BCUT2D eigenvalue weighted by molar-refractivity contribution is 5.79. The van der Waals surface area contributed by atoms with Crippen molar-refractivity contribution in [2.45, 2.75) is 19.9 Å². The summed E-state index contributed by atoms with van der Waals surface area (Å²) in [7, 11) is 0. The van der Waals surface area contributed by atoms with E-state index in [0.717, 1.165) is 0 Å². The molecule has 0 aliphatic carbocycles. The number of carbonyl (C=O) groups is 1. The molecule has 1 rings (SSSR count). The van der Waals surface area contributed by atoms with E-state index < -0.39 is 6.43 Å². The molecule has 3 nitrogen and oxygen atoms in total. The molecule has 0 unspecified atom stereocenters. The zero-order valence-corrected chi connectivity index (χ0v) is 7.63. The van der Waals surface area contributed by atoms with Gasteiger partial charge in [0.1, 0.15) is 0 Å². The summed E-state index contributed by atoms with van der Waals surface area (Å²) in [5.74, 6) is 0. The highest BCUT2D eigenvalue weighted by atomic mass is 19.3. The summed E-state index contributed by atoms with van der Waals surface area (Å²) < 4.78 is 25.1. The molecule has 0 aromatic carbocycles. The van der Waals surface area contributed by atoms with Crippen molar-refractivity contribution in [3.05, 3.63) is 28.6 Å². The lowest BCUT2D eigenvalue weighted by Gasteiger charge is -2.10. The van der Waals surface area contributed by atoms with E-state index in [9.17, 15) is 13.6 Å². The van der Waals surface area contributed by atoms with Crippen molar-refractivity contribution < 1.29 is 13.6 Å². The van der Waals surface area contributed by atoms with Gasteiger partial charge in [-0.15, -0.1) is 0 Å². The largest absolute Gasteiger partial charge is 0.325 e. The SMILES string of the molecule is Cc1cnc(CN)c(C=O)c1C(F)F. The minimum Gasteiger partial charge on any atom is -0.325 e. The fourth-order valence-electron chi connectivity index (χ4n) is 1.27. The Balaban J connectivity index is 3.42. The van der Waals surface area contributed by atoms with Crippen LogP contribution in [0.15, 0.2) is 6.20 Å². The summed E-state index contributed by atoms with van der Waals surface area (Å²) in [5, 5.41) is 0. The molecule has 0 amide bonds. The molecule has 1 aromatic heterocycles. The number of nitrogens with zero attached hydrogens (tertiary/aromatic N) is 1. The molecule has 0 fully saturated rings. The number of aromatic nitrogens is 1. The Hall–Kier alpha value is -1.36. The quantitative estimate of drug-likeness (QED) is 0.754. The third kappa shape index (κ3) is 1.77. The molecule has 2 N–H and O–H groups in total. The van der Waals surface area contributed by atoms with E-state index in [1.807, 2.05) is 0 Å². The Labute approximate surface area is 79.9 Å². The number of rotatable bonds is 3. The van der Waals surface area contributed by atoms with E-state index >= 15 is 0 Å². The van der Waals surface area contributed by atoms with Gasteiger partial charge in [0.25, 0.3) is 6.43 Å². The normalized spacial score (nSPS) is 10.6. The number of nitrogens with two attached hydrogens (primary N) is 1. The zero-order valence-electron chi connectivity index (χ0n) is 7.63. The molecule has 1 heterocycles. The molecular weight excluding hydrogens is 190 g/mol. The summed E-state index contributed by atoms with van der Waals surface area (Å²) in [6.07, 6.45) is -0.996. The minimum atomic E-state index is -2.68. The maximum atomic E-state index is 12.6. The zero-order chi connectivity index (χ0) is 10.7. The van der Waals surface area contributed by atoms with E-state index in [-0.39, 0.29) is 23.4 Å². The minimum absolute atomic E-state index is 0.0198. The number of pyridine rings is 1. The van der Waals surface area contributed by atoms with Crippen molar-refractivity contribution in [3.8, 4) is 0 Å². The van der Waals surface area contributed by atoms with Crippen LogP contribution in [0.1, 0.15) is 33.6 Å². The Morgan fingerprint density at radius 2 is 2.29 bits per heavy atom. The van der Waals surface area contributed by atoms with Gasteiger partial charge >= 0.3 is 0 Å². The second-order valence-electron chi connectivity index (χ2n) is 2.84. The van der Waals surface area contributed by atoms with Crippen LogP contribution in [-0.2, 0) is 6.54 Å². The van der Waals surface area contributed by atoms with Gasteiger partial charge in [0.2, 0.25) is 0 Å². The predicted molar refractivity (Wildman–Crippen MR) is 47.2 cm³/mol. The molecule has 76 valence electrons. The van der Waals surface area contributed by atoms with Crippen molar-refractivity contribution in [2.24, 2.45) is 5.73 Å². The van der Waals surface area contributed by atoms with Crippen LogP contribution in [0.2, 0.25) is 0 Å². The van der Waals surface area contributed by atoms with Crippen LogP contribution in [0.25, 0.3) is 0 Å². The molecule has 1 aromatic rings. The van der Waals surface area contributed by atoms with Gasteiger partial charge < -0.3 is 5.73 Å². The van der Waals surface area contributed by atoms with E-state index in [4.69, 9.17) is 5.73 Å². The lowest BCUT2D eigenvalue weighted by molar-refractivity contribution is 0.110. The second kappa shape index (κ2) is 4.23. The molecule has 0 saturated heterocycles. The van der Waals surface area contributed by atoms with Crippen molar-refractivity contribution in [1.82, 2.24) is 4.98 Å². The molecule has 14 heavy (non-hydrogen) atoms. The highest BCUT2D eigenvalue weighted by Crippen LogP contribution is 2.26. The number of carbonyl (C=O) groups excluding carboxylic acids is 1. The van der Waals surface area contributed by atoms with Crippen molar-refractivity contribution in [1.29, 1.82) is 0 Å². The van der Waals surface area contributed by atoms with Crippen LogP contribution in [0, 0.1) is 6.92 Å². The monoisotopic (exact) mass is 200 g/mol. The van der Waals surface area contributed by atoms with Gasteiger partial charge in [-0.05, 0) is 12.5 Å². The van der Waals surface area contributed by atoms with Crippen LogP contribution in [0.4, 0.5) is 8.78 Å². The molecule has 5 heteroatoms. The smallest absolute Gasteiger partial charge is 0.264 e. The second-order valence-corrected chi connectivity index (χ2v) is 2.84. The third-order valence-corrected chi connectivity index (χ3v) is 1.97. The number of alkyl halides is 2. The topological polar surface area (TPSA) is 56.0 Å². The maximum Gasteiger partial charge on any atom is 0.264 e. The Bertz CT molecular complexity index is 353. The van der Waals surface area contributed by atoms with Crippen LogP contribution in [0.3, 0.4) is 0 Å². The van der Waals surface area contributed by atoms with Gasteiger partial charge in [0, 0.05) is 23.9 Å². The molecule has 0 saturated carbocycles. The van der Waals surface area contributed by atoms with Crippen LogP contribution >= 0.6 is 0 Å². The molecule has 0 spiro atoms. The summed E-state index contributed by atoms with van der Waals surface area (Å²) >= 11 is 0. The maximum absolute atomic E-state index is 12.6. The standard InChI is InChI=1S/C9H10F2N2O/c1-5-3-13-7(2-12)6(4-14)8(5)9(10)11/h3-4,9H,2,12H2,1H3. The first-order valence-corrected chi connectivity index (χ1v) is 4.03. The Morgan fingerprint density at radius 1 is 1.64 bits per heavy atom. The first kappa shape index (κ1) is 10.7. The summed E-state index contributed by atoms with van der Waals surface area (Å²) in [6.45, 7) is 1.47. The van der Waals surface area contributed by atoms with Crippen molar-refractivity contribution in [2.75, 3.05) is 0 Å². The molecule has 0 radical (unpaired) electrons. The van der Waals surface area contributed by atoms with Gasteiger partial charge in [-0.25, -0.2) is 8.78 Å². The number of aryl methyl sites for hydroxylation is 1. The molecule has 0 atom stereocenters. The van der Waals surface area contributed by atoms with Gasteiger partial charge in [0.15, 0.2) is 6.29 Å². The van der Waals surface area contributed by atoms with Crippen molar-refractivity contribution >= 4 is 6.29 Å². The van der Waals surface area contributed by atoms with Crippen LogP contribution < -0.4 is 5.73 Å². The van der Waals surface area contributed by atoms with E-state index in [0.29, 0.717) is 11.8 Å². The molecule has 0 aliphatic heterocycles. The van der Waals surface area contributed by atoms with Gasteiger partial charge in [-0.1, -0.05) is 0 Å². The number of halogens is 2. The fourth-order valence-corrected chi connectivity index (χ4v) is 1.27. The molecule has 0 aliphatic rings. The van der Waals surface area contributed by atoms with Crippen LogP contribution in [0.5, 0.6) is 0 Å². The number of hydrogen-bond donors (Lipinski definition) is 1. The number of hydrogen-bond acceptors (Lipinski definition) is 3. The van der Waals surface area contributed by atoms with Gasteiger partial charge in [0.05, 0.1) is 5.69 Å². The third-order valence-electron chi connectivity index (χ3n) is 1.97. The summed E-state index contributed by atoms with van der Waals surface area (Å²) in [6, 6.07) is 0. The van der Waals surface area contributed by atoms with Crippen LogP contribution in [-0.4, -0.2) is 11.3 Å². The fraction of sp³-hybridized carbons (Fsp3) is 0.333. The lowest BCUT2D eigenvalue weighted by Crippen LogP contribution is -2.09. The average Bonchev–Trinajstić information content (AvgIpc) is 2.16. The lowest BCUT2D eigenvalue weighted by atomic mass is 10.0. The summed E-state index contributed by atoms with van der Waals surface area (Å²) in [4.78, 5) is 14.5. The van der Waals surface area contributed by atoms with E-state index in [1.54, 1.807) is 0 Å². The van der Waals surface area contributed by atoms with Gasteiger partial charge in [-0.2, -0.15) is 0 Å². The predicted octanol–water partition coefficient (Wildman–Crippen LogP) is 1.60. The average molecular weight is 200 g/mol. The first-order valence-electron chi connectivity index (χ1n) is 4.03. The Kier molecular flexibility index (Phi) is 3.24. The van der Waals surface area contributed by atoms with Gasteiger partial charge in [-0.3, -0.25) is 9.78 Å².